The number of ether oxygens (including phenoxy) is 1. The second-order valence-electron chi connectivity index (χ2n) is 10.4. The van der Waals surface area contributed by atoms with E-state index < -0.39 is 35.4 Å². The number of ketones is 2. The van der Waals surface area contributed by atoms with Gasteiger partial charge in [0.1, 0.15) is 23.2 Å². The molecule has 0 aromatic carbocycles. The first-order chi connectivity index (χ1) is 18.9. The number of aliphatic hydroxyl groups is 2. The highest BCUT2D eigenvalue weighted by molar-refractivity contribution is 6.07. The molecule has 1 heterocycles. The van der Waals surface area contributed by atoms with Crippen molar-refractivity contribution in [3.63, 3.8) is 0 Å². The van der Waals surface area contributed by atoms with Gasteiger partial charge in [-0.3, -0.25) is 19.2 Å². The number of allylic oxidation sites excluding steroid dienone is 9. The van der Waals surface area contributed by atoms with Gasteiger partial charge in [0.15, 0.2) is 11.9 Å². The molecule has 4 N–H and O–H groups in total. The van der Waals surface area contributed by atoms with Crippen LogP contribution in [-0.2, 0) is 23.9 Å². The van der Waals surface area contributed by atoms with Crippen molar-refractivity contribution in [2.24, 2.45) is 5.92 Å². The SMILES string of the molecule is CCCCC(C)/C=C(C)/C=C(\C)C(=O)NC1=C[C@](O)(/C=C/C=C/C=C/C(=O)NC2=C(O)CCC2=O)C2OC2C1=O. The number of amides is 2. The summed E-state index contributed by atoms with van der Waals surface area (Å²) in [6, 6.07) is 0. The average molecular weight is 551 g/mol. The zero-order valence-electron chi connectivity index (χ0n) is 23.4. The Morgan fingerprint density at radius 2 is 1.88 bits per heavy atom. The van der Waals surface area contributed by atoms with Gasteiger partial charge in [0.25, 0.3) is 5.91 Å². The van der Waals surface area contributed by atoms with E-state index in [0.717, 1.165) is 24.8 Å². The van der Waals surface area contributed by atoms with Gasteiger partial charge in [-0.2, -0.15) is 0 Å². The number of hydrogen-bond donors (Lipinski definition) is 4. The maximum atomic E-state index is 12.8. The van der Waals surface area contributed by atoms with Crippen molar-refractivity contribution < 1.29 is 34.1 Å². The molecule has 9 nitrogen and oxygen atoms in total. The van der Waals surface area contributed by atoms with Crippen molar-refractivity contribution >= 4 is 23.4 Å². The van der Waals surface area contributed by atoms with Crippen LogP contribution in [0.5, 0.6) is 0 Å². The second kappa shape index (κ2) is 13.5. The van der Waals surface area contributed by atoms with Crippen LogP contribution in [0.1, 0.15) is 59.8 Å². The summed E-state index contributed by atoms with van der Waals surface area (Å²) in [7, 11) is 0. The Morgan fingerprint density at radius 1 is 1.15 bits per heavy atom. The summed E-state index contributed by atoms with van der Waals surface area (Å²) in [4.78, 5) is 49.0. The summed E-state index contributed by atoms with van der Waals surface area (Å²) in [5, 5.41) is 25.7. The molecular weight excluding hydrogens is 512 g/mol. The molecule has 0 radical (unpaired) electrons. The van der Waals surface area contributed by atoms with Crippen molar-refractivity contribution in [1.82, 2.24) is 10.6 Å². The number of rotatable bonds is 12. The summed E-state index contributed by atoms with van der Waals surface area (Å²) in [6.07, 6.45) is 16.0. The third-order valence-corrected chi connectivity index (χ3v) is 6.81. The highest BCUT2D eigenvalue weighted by Gasteiger charge is 2.59. The van der Waals surface area contributed by atoms with Crippen molar-refractivity contribution in [2.75, 3.05) is 0 Å². The lowest BCUT2D eigenvalue weighted by atomic mass is 9.88. The van der Waals surface area contributed by atoms with Crippen LogP contribution in [0, 0.1) is 5.92 Å². The molecule has 3 unspecified atom stereocenters. The lowest BCUT2D eigenvalue weighted by molar-refractivity contribution is -0.121. The molecule has 0 aromatic rings. The Morgan fingerprint density at radius 3 is 2.55 bits per heavy atom. The fourth-order valence-electron chi connectivity index (χ4n) is 4.61. The van der Waals surface area contributed by atoms with E-state index >= 15 is 0 Å². The molecule has 0 saturated carbocycles. The maximum Gasteiger partial charge on any atom is 0.251 e. The smallest absolute Gasteiger partial charge is 0.251 e. The molecule has 9 heteroatoms. The van der Waals surface area contributed by atoms with Crippen LogP contribution in [0.25, 0.3) is 0 Å². The van der Waals surface area contributed by atoms with Crippen molar-refractivity contribution in [3.05, 3.63) is 83.0 Å². The highest BCUT2D eigenvalue weighted by Crippen LogP contribution is 2.40. The fourth-order valence-corrected chi connectivity index (χ4v) is 4.61. The molecule has 1 saturated heterocycles. The maximum absolute atomic E-state index is 12.8. The first kappa shape index (κ1) is 30.7. The van der Waals surface area contributed by atoms with E-state index in [9.17, 15) is 29.4 Å². The second-order valence-corrected chi connectivity index (χ2v) is 10.4. The Kier molecular flexibility index (Phi) is 10.4. The molecule has 4 atom stereocenters. The molecule has 0 aromatic heterocycles. The quantitative estimate of drug-likeness (QED) is 0.165. The largest absolute Gasteiger partial charge is 0.510 e. The summed E-state index contributed by atoms with van der Waals surface area (Å²) in [5.41, 5.74) is -0.310. The molecule has 2 amide bonds. The van der Waals surface area contributed by atoms with E-state index in [2.05, 4.69) is 30.6 Å². The number of epoxide rings is 1. The number of unbranched alkanes of at least 4 members (excludes halogenated alkanes) is 1. The minimum absolute atomic E-state index is 0.0267. The van der Waals surface area contributed by atoms with Crippen molar-refractivity contribution in [2.45, 2.75) is 77.6 Å². The Hall–Kier alpha value is -3.82. The standard InChI is InChI=1S/C31H38N2O7/c1-5-6-11-19(2)16-20(3)17-21(4)30(38)32-22-18-31(39,29-28(40-29)27(22)37)15-10-8-7-9-12-25(36)33-26-23(34)13-14-24(26)35/h7-10,12,15-19,28-29,34,39H,5-6,11,13-14H2,1-4H3,(H,32,38)(H,33,36)/b8-7+,12-9+,15-10+,20-16+,21-17+/t19?,28?,29?,31-/m1/s1. The summed E-state index contributed by atoms with van der Waals surface area (Å²) in [5.74, 6) is -1.43. The van der Waals surface area contributed by atoms with E-state index in [1.54, 1.807) is 19.1 Å². The Bertz CT molecular complexity index is 1260. The molecule has 40 heavy (non-hydrogen) atoms. The van der Waals surface area contributed by atoms with Crippen LogP contribution in [0.2, 0.25) is 0 Å². The van der Waals surface area contributed by atoms with E-state index in [1.807, 2.05) is 6.92 Å². The molecule has 0 spiro atoms. The monoisotopic (exact) mass is 550 g/mol. The number of carbonyl (C=O) groups is 4. The number of carbonyl (C=O) groups excluding carboxylic acids is 4. The zero-order chi connectivity index (χ0) is 29.4. The van der Waals surface area contributed by atoms with E-state index in [-0.39, 0.29) is 35.8 Å². The minimum Gasteiger partial charge on any atom is -0.510 e. The summed E-state index contributed by atoms with van der Waals surface area (Å²) in [6.45, 7) is 7.90. The van der Waals surface area contributed by atoms with Gasteiger partial charge in [0.2, 0.25) is 11.7 Å². The predicted octanol–water partition coefficient (Wildman–Crippen LogP) is 3.70. The summed E-state index contributed by atoms with van der Waals surface area (Å²) >= 11 is 0. The third-order valence-electron chi connectivity index (χ3n) is 6.81. The Labute approximate surface area is 234 Å². The average Bonchev–Trinajstić information content (AvgIpc) is 3.66. The van der Waals surface area contributed by atoms with Gasteiger partial charge < -0.3 is 25.6 Å². The molecule has 2 aliphatic carbocycles. The van der Waals surface area contributed by atoms with Gasteiger partial charge in [-0.15, -0.1) is 0 Å². The molecular formula is C31H38N2O7. The van der Waals surface area contributed by atoms with Crippen molar-refractivity contribution in [1.29, 1.82) is 0 Å². The van der Waals surface area contributed by atoms with Crippen LogP contribution < -0.4 is 10.6 Å². The number of hydrogen-bond acceptors (Lipinski definition) is 7. The molecule has 1 aliphatic heterocycles. The number of fused-ring (bicyclic) bond motifs is 1. The highest BCUT2D eigenvalue weighted by atomic mass is 16.6. The first-order valence-electron chi connectivity index (χ1n) is 13.6. The fraction of sp³-hybridized carbons (Fsp3) is 0.419. The van der Waals surface area contributed by atoms with Gasteiger partial charge in [-0.05, 0) is 38.3 Å². The number of Topliss-reactive ketones (excluding diaryl/α,β-unsaturated/α-hetero) is 2. The van der Waals surface area contributed by atoms with Crippen LogP contribution in [0.4, 0.5) is 0 Å². The Balaban J connectivity index is 1.60. The number of nitrogens with one attached hydrogen (secondary N) is 2. The van der Waals surface area contributed by atoms with Gasteiger partial charge in [-0.1, -0.05) is 68.7 Å². The molecule has 3 aliphatic rings. The molecule has 214 valence electrons. The van der Waals surface area contributed by atoms with E-state index in [1.165, 1.54) is 36.5 Å². The van der Waals surface area contributed by atoms with Crippen molar-refractivity contribution in [3.8, 4) is 0 Å². The molecule has 1 fully saturated rings. The van der Waals surface area contributed by atoms with Crippen LogP contribution in [0.15, 0.2) is 83.0 Å². The lowest BCUT2D eigenvalue weighted by Crippen LogP contribution is -2.42. The first-order valence-corrected chi connectivity index (χ1v) is 13.6. The number of aliphatic hydroxyl groups excluding tert-OH is 1. The lowest BCUT2D eigenvalue weighted by Gasteiger charge is -2.23. The third kappa shape index (κ3) is 8.09. The molecule has 3 rings (SSSR count). The van der Waals surface area contributed by atoms with Crippen LogP contribution in [-0.4, -0.2) is 51.4 Å². The normalized spacial score (nSPS) is 26.1. The van der Waals surface area contributed by atoms with Gasteiger partial charge in [-0.25, -0.2) is 0 Å². The van der Waals surface area contributed by atoms with E-state index in [0.29, 0.717) is 11.5 Å². The predicted molar refractivity (Wildman–Crippen MR) is 151 cm³/mol. The minimum atomic E-state index is -1.61. The van der Waals surface area contributed by atoms with Gasteiger partial charge in [0.05, 0.1) is 5.70 Å². The topological polar surface area (TPSA) is 145 Å². The van der Waals surface area contributed by atoms with Gasteiger partial charge >= 0.3 is 0 Å². The van der Waals surface area contributed by atoms with Crippen LogP contribution in [0.3, 0.4) is 0 Å². The molecule has 0 bridgehead atoms. The van der Waals surface area contributed by atoms with Gasteiger partial charge in [0, 0.05) is 24.5 Å². The summed E-state index contributed by atoms with van der Waals surface area (Å²) < 4.78 is 5.39. The zero-order valence-corrected chi connectivity index (χ0v) is 23.4. The van der Waals surface area contributed by atoms with Crippen LogP contribution >= 0.6 is 0 Å². The van der Waals surface area contributed by atoms with E-state index in [4.69, 9.17) is 4.74 Å².